The van der Waals surface area contributed by atoms with Crippen LogP contribution >= 0.6 is 11.3 Å². The van der Waals surface area contributed by atoms with Gasteiger partial charge in [0, 0.05) is 17.8 Å². The van der Waals surface area contributed by atoms with Gasteiger partial charge >= 0.3 is 0 Å². The normalized spacial score (nSPS) is 24.9. The van der Waals surface area contributed by atoms with Gasteiger partial charge in [0.2, 0.25) is 0 Å². The second-order valence-electron chi connectivity index (χ2n) is 6.04. The molecule has 4 heterocycles. The van der Waals surface area contributed by atoms with Gasteiger partial charge in [-0.25, -0.2) is 0 Å². The number of carbonyl (C=O) groups excluding carboxylic acids is 1. The van der Waals surface area contributed by atoms with Crippen molar-refractivity contribution in [2.45, 2.75) is 25.4 Å². The molecule has 2 aromatic heterocycles. The number of aromatic amines is 1. The number of anilines is 1. The third-order valence-corrected chi connectivity index (χ3v) is 5.41. The van der Waals surface area contributed by atoms with Gasteiger partial charge in [-0.05, 0) is 44.3 Å². The molecule has 0 aromatic carbocycles. The molecule has 1 unspecified atom stereocenters. The van der Waals surface area contributed by atoms with Gasteiger partial charge in [0.05, 0.1) is 11.9 Å². The molecule has 2 aromatic rings. The molecule has 2 aliphatic heterocycles. The summed E-state index contributed by atoms with van der Waals surface area (Å²) in [5.41, 5.74) is 2.27. The van der Waals surface area contributed by atoms with Crippen molar-refractivity contribution < 1.29 is 4.79 Å². The Bertz CT molecular complexity index is 702. The van der Waals surface area contributed by atoms with E-state index >= 15 is 0 Å². The minimum Gasteiger partial charge on any atom is -0.357 e. The summed E-state index contributed by atoms with van der Waals surface area (Å²) in [4.78, 5) is 15.7. The maximum absolute atomic E-state index is 12.6. The number of hydrogen-bond acceptors (Lipinski definition) is 5. The zero-order chi connectivity index (χ0) is 15.2. The standard InChI is InChI=1S/C15H19N5OS/c1-10-11(8-16-19-10)15(9-20-5-2-3-6-20)17-12-4-7-22-13(12)14(21)18-15/h4,7-8,17H,2-3,5-6,9H2,1H3,(H,16,19)(H,18,21). The van der Waals surface area contributed by atoms with Crippen LogP contribution in [0.3, 0.4) is 0 Å². The van der Waals surface area contributed by atoms with Gasteiger partial charge in [0.15, 0.2) is 5.66 Å². The number of H-pyrrole nitrogens is 1. The van der Waals surface area contributed by atoms with E-state index in [0.717, 1.165) is 41.5 Å². The van der Waals surface area contributed by atoms with E-state index < -0.39 is 5.66 Å². The molecule has 1 fully saturated rings. The molecule has 22 heavy (non-hydrogen) atoms. The first kappa shape index (κ1) is 13.8. The number of nitrogens with zero attached hydrogens (tertiary/aromatic N) is 2. The summed E-state index contributed by atoms with van der Waals surface area (Å²) >= 11 is 1.47. The average molecular weight is 317 g/mol. The molecule has 6 nitrogen and oxygen atoms in total. The number of fused-ring (bicyclic) bond motifs is 1. The van der Waals surface area contributed by atoms with E-state index in [1.807, 2.05) is 24.6 Å². The molecule has 3 N–H and O–H groups in total. The topological polar surface area (TPSA) is 73.0 Å². The molecule has 1 saturated heterocycles. The molecule has 1 amide bonds. The van der Waals surface area contributed by atoms with E-state index in [9.17, 15) is 4.79 Å². The smallest absolute Gasteiger partial charge is 0.265 e. The third-order valence-electron chi connectivity index (χ3n) is 4.50. The Labute approximate surface area is 132 Å². The highest BCUT2D eigenvalue weighted by Crippen LogP contribution is 2.35. The Morgan fingerprint density at radius 1 is 1.36 bits per heavy atom. The molecule has 7 heteroatoms. The van der Waals surface area contributed by atoms with Gasteiger partial charge in [-0.1, -0.05) is 0 Å². The lowest BCUT2D eigenvalue weighted by Gasteiger charge is -2.41. The number of carbonyl (C=O) groups is 1. The van der Waals surface area contributed by atoms with Crippen LogP contribution in [0.2, 0.25) is 0 Å². The van der Waals surface area contributed by atoms with Crippen LogP contribution in [0.25, 0.3) is 0 Å². The van der Waals surface area contributed by atoms with Gasteiger partial charge in [0.25, 0.3) is 5.91 Å². The van der Waals surface area contributed by atoms with Crippen LogP contribution in [0.4, 0.5) is 5.69 Å². The highest BCUT2D eigenvalue weighted by atomic mass is 32.1. The first-order chi connectivity index (χ1) is 10.7. The minimum absolute atomic E-state index is 0.0106. The maximum Gasteiger partial charge on any atom is 0.265 e. The average Bonchev–Trinajstić information content (AvgIpc) is 3.19. The van der Waals surface area contributed by atoms with Crippen molar-refractivity contribution in [3.05, 3.63) is 33.8 Å². The Hall–Kier alpha value is -1.86. The summed E-state index contributed by atoms with van der Waals surface area (Å²) in [7, 11) is 0. The van der Waals surface area contributed by atoms with Crippen molar-refractivity contribution in [3.8, 4) is 0 Å². The molecule has 0 aliphatic carbocycles. The molecule has 0 bridgehead atoms. The number of likely N-dealkylation sites (tertiary alicyclic amines) is 1. The molecule has 1 atom stereocenters. The minimum atomic E-state index is -0.618. The van der Waals surface area contributed by atoms with Gasteiger partial charge in [-0.15, -0.1) is 11.3 Å². The molecular formula is C15H19N5OS. The fourth-order valence-electron chi connectivity index (χ4n) is 3.45. The van der Waals surface area contributed by atoms with Gasteiger partial charge in [0.1, 0.15) is 4.88 Å². The van der Waals surface area contributed by atoms with Crippen LogP contribution in [0.15, 0.2) is 17.6 Å². The molecule has 2 aliphatic rings. The summed E-state index contributed by atoms with van der Waals surface area (Å²) in [5, 5.41) is 15.9. The number of nitrogens with one attached hydrogen (secondary N) is 3. The summed E-state index contributed by atoms with van der Waals surface area (Å²) in [6.45, 7) is 4.89. The molecule has 4 rings (SSSR count). The number of aromatic nitrogens is 2. The SMILES string of the molecule is Cc1[nH]ncc1C1(CN2CCCC2)NC(=O)c2sccc2N1. The fraction of sp³-hybridized carbons (Fsp3) is 0.467. The number of thiophene rings is 1. The number of rotatable bonds is 3. The quantitative estimate of drug-likeness (QED) is 0.808. The second-order valence-corrected chi connectivity index (χ2v) is 6.96. The summed E-state index contributed by atoms with van der Waals surface area (Å²) in [5.74, 6) is -0.0106. The zero-order valence-corrected chi connectivity index (χ0v) is 13.3. The van der Waals surface area contributed by atoms with E-state index in [1.54, 1.807) is 0 Å². The maximum atomic E-state index is 12.6. The predicted molar refractivity (Wildman–Crippen MR) is 86.1 cm³/mol. The largest absolute Gasteiger partial charge is 0.357 e. The summed E-state index contributed by atoms with van der Waals surface area (Å²) < 4.78 is 0. The van der Waals surface area contributed by atoms with E-state index in [4.69, 9.17) is 0 Å². The van der Waals surface area contributed by atoms with Crippen molar-refractivity contribution in [1.82, 2.24) is 20.4 Å². The highest BCUT2D eigenvalue weighted by Gasteiger charge is 2.43. The van der Waals surface area contributed by atoms with Crippen LogP contribution in [-0.4, -0.2) is 40.6 Å². The Balaban J connectivity index is 1.76. The van der Waals surface area contributed by atoms with Crippen LogP contribution in [0, 0.1) is 6.92 Å². The van der Waals surface area contributed by atoms with Crippen molar-refractivity contribution in [2.75, 3.05) is 25.0 Å². The van der Waals surface area contributed by atoms with Crippen LogP contribution in [-0.2, 0) is 5.66 Å². The van der Waals surface area contributed by atoms with Crippen LogP contribution in [0.1, 0.15) is 33.8 Å². The van der Waals surface area contributed by atoms with Crippen molar-refractivity contribution in [2.24, 2.45) is 0 Å². The lowest BCUT2D eigenvalue weighted by Crippen LogP contribution is -2.60. The van der Waals surface area contributed by atoms with Gasteiger partial charge < -0.3 is 10.6 Å². The third kappa shape index (κ3) is 2.12. The van der Waals surface area contributed by atoms with Crippen molar-refractivity contribution in [3.63, 3.8) is 0 Å². The molecule has 116 valence electrons. The zero-order valence-electron chi connectivity index (χ0n) is 12.5. The molecule has 0 spiro atoms. The molecule has 0 saturated carbocycles. The van der Waals surface area contributed by atoms with E-state index in [-0.39, 0.29) is 5.91 Å². The number of aryl methyl sites for hydroxylation is 1. The van der Waals surface area contributed by atoms with Gasteiger partial charge in [-0.3, -0.25) is 14.8 Å². The summed E-state index contributed by atoms with van der Waals surface area (Å²) in [6.07, 6.45) is 4.26. The van der Waals surface area contributed by atoms with E-state index in [2.05, 4.69) is 25.7 Å². The molecular weight excluding hydrogens is 298 g/mol. The second kappa shape index (κ2) is 5.10. The van der Waals surface area contributed by atoms with Crippen LogP contribution < -0.4 is 10.6 Å². The Morgan fingerprint density at radius 2 is 2.18 bits per heavy atom. The lowest BCUT2D eigenvalue weighted by molar-refractivity contribution is 0.0879. The Kier molecular flexibility index (Phi) is 3.19. The fourth-order valence-corrected chi connectivity index (χ4v) is 4.20. The number of amides is 1. The monoisotopic (exact) mass is 317 g/mol. The summed E-state index contributed by atoms with van der Waals surface area (Å²) in [6, 6.07) is 1.98. The lowest BCUT2D eigenvalue weighted by atomic mass is 9.96. The molecule has 0 radical (unpaired) electrons. The first-order valence-electron chi connectivity index (χ1n) is 7.59. The Morgan fingerprint density at radius 3 is 2.91 bits per heavy atom. The predicted octanol–water partition coefficient (Wildman–Crippen LogP) is 1.88. The van der Waals surface area contributed by atoms with Crippen LogP contribution in [0.5, 0.6) is 0 Å². The van der Waals surface area contributed by atoms with Crippen molar-refractivity contribution in [1.29, 1.82) is 0 Å². The van der Waals surface area contributed by atoms with Gasteiger partial charge in [-0.2, -0.15) is 5.10 Å². The van der Waals surface area contributed by atoms with E-state index in [1.165, 1.54) is 24.2 Å². The highest BCUT2D eigenvalue weighted by molar-refractivity contribution is 7.12. The number of hydrogen-bond donors (Lipinski definition) is 3. The van der Waals surface area contributed by atoms with E-state index in [0.29, 0.717) is 0 Å². The first-order valence-corrected chi connectivity index (χ1v) is 8.47. The van der Waals surface area contributed by atoms with Crippen molar-refractivity contribution >= 4 is 22.9 Å².